The van der Waals surface area contributed by atoms with Gasteiger partial charge in [0.25, 0.3) is 0 Å². The molecule has 0 aromatic heterocycles. The highest BCUT2D eigenvalue weighted by atomic mass is 32.2. The summed E-state index contributed by atoms with van der Waals surface area (Å²) in [6.45, 7) is 10.1. The molecule has 1 nitrogen and oxygen atoms in total. The molecule has 2 N–H and O–H groups in total. The third kappa shape index (κ3) is 4.96. The van der Waals surface area contributed by atoms with Crippen LogP contribution in [-0.4, -0.2) is 0 Å². The van der Waals surface area contributed by atoms with Crippen molar-refractivity contribution in [2.75, 3.05) is 0 Å². The predicted molar refractivity (Wildman–Crippen MR) is 54.2 cm³/mol. The van der Waals surface area contributed by atoms with Gasteiger partial charge in [-0.1, -0.05) is 37.3 Å². The average molecular weight is 171 g/mol. The van der Waals surface area contributed by atoms with E-state index in [1.54, 1.807) is 11.8 Å². The Morgan fingerprint density at radius 3 is 2.36 bits per heavy atom. The van der Waals surface area contributed by atoms with Crippen LogP contribution in [0.5, 0.6) is 0 Å². The van der Waals surface area contributed by atoms with E-state index in [0.29, 0.717) is 5.03 Å². The molecule has 0 aromatic rings. The van der Waals surface area contributed by atoms with E-state index >= 15 is 0 Å². The molecule has 11 heavy (non-hydrogen) atoms. The number of rotatable bonds is 4. The van der Waals surface area contributed by atoms with E-state index in [0.717, 1.165) is 6.42 Å². The van der Waals surface area contributed by atoms with Crippen molar-refractivity contribution in [3.63, 3.8) is 0 Å². The van der Waals surface area contributed by atoms with Crippen LogP contribution < -0.4 is 5.73 Å². The zero-order chi connectivity index (χ0) is 8.85. The molecule has 0 heterocycles. The Hall–Kier alpha value is -0.370. The SMILES string of the molecule is C=C(N)S/C(C)=C(/C)CCC. The molecule has 0 aromatic carbocycles. The van der Waals surface area contributed by atoms with Crippen LogP contribution in [0.3, 0.4) is 0 Å². The molecular weight excluding hydrogens is 154 g/mol. The van der Waals surface area contributed by atoms with Gasteiger partial charge in [-0.05, 0) is 25.2 Å². The molecule has 0 aliphatic rings. The van der Waals surface area contributed by atoms with Crippen LogP contribution in [0, 0.1) is 0 Å². The number of thioether (sulfide) groups is 1. The Bertz CT molecular complexity index is 170. The van der Waals surface area contributed by atoms with E-state index in [1.807, 2.05) is 0 Å². The Kier molecular flexibility index (Phi) is 5.12. The fourth-order valence-electron chi connectivity index (χ4n) is 0.835. The summed E-state index contributed by atoms with van der Waals surface area (Å²) < 4.78 is 0. The first kappa shape index (κ1) is 10.6. The summed E-state index contributed by atoms with van der Waals surface area (Å²) >= 11 is 1.57. The van der Waals surface area contributed by atoms with Crippen LogP contribution in [0.1, 0.15) is 33.6 Å². The maximum Gasteiger partial charge on any atom is 0.0627 e. The van der Waals surface area contributed by atoms with Gasteiger partial charge in [0, 0.05) is 0 Å². The van der Waals surface area contributed by atoms with Crippen LogP contribution in [0.4, 0.5) is 0 Å². The molecule has 0 fully saturated rings. The van der Waals surface area contributed by atoms with Gasteiger partial charge in [-0.15, -0.1) is 0 Å². The third-order valence-electron chi connectivity index (χ3n) is 1.51. The summed E-state index contributed by atoms with van der Waals surface area (Å²) in [6, 6.07) is 0. The second kappa shape index (κ2) is 5.30. The summed E-state index contributed by atoms with van der Waals surface area (Å²) in [5.41, 5.74) is 6.88. The van der Waals surface area contributed by atoms with E-state index in [-0.39, 0.29) is 0 Å². The van der Waals surface area contributed by atoms with Gasteiger partial charge in [-0.2, -0.15) is 0 Å². The van der Waals surface area contributed by atoms with Crippen molar-refractivity contribution in [2.45, 2.75) is 33.6 Å². The first-order valence-electron chi connectivity index (χ1n) is 3.86. The van der Waals surface area contributed by atoms with Gasteiger partial charge in [0.1, 0.15) is 0 Å². The standard InChI is InChI=1S/C9H17NS/c1-5-6-7(2)8(3)11-9(4)10/h4-6,10H2,1-3H3/b8-7-. The molecular formula is C9H17NS. The minimum atomic E-state index is 0.679. The fraction of sp³-hybridized carbons (Fsp3) is 0.556. The van der Waals surface area contributed by atoms with Crippen molar-refractivity contribution in [3.05, 3.63) is 22.1 Å². The summed E-state index contributed by atoms with van der Waals surface area (Å²) in [5, 5.41) is 0.679. The molecule has 0 rings (SSSR count). The maximum absolute atomic E-state index is 5.46. The maximum atomic E-state index is 5.46. The highest BCUT2D eigenvalue weighted by Gasteiger charge is 1.96. The van der Waals surface area contributed by atoms with E-state index in [2.05, 4.69) is 27.4 Å². The first-order valence-corrected chi connectivity index (χ1v) is 4.68. The van der Waals surface area contributed by atoms with Crippen molar-refractivity contribution in [1.82, 2.24) is 0 Å². The molecule has 2 heteroatoms. The zero-order valence-corrected chi connectivity index (χ0v) is 8.42. The first-order chi connectivity index (χ1) is 5.07. The largest absolute Gasteiger partial charge is 0.394 e. The van der Waals surface area contributed by atoms with Crippen molar-refractivity contribution >= 4 is 11.8 Å². The Balaban J connectivity index is 4.04. The summed E-state index contributed by atoms with van der Waals surface area (Å²) in [6.07, 6.45) is 2.35. The van der Waals surface area contributed by atoms with E-state index < -0.39 is 0 Å². The number of nitrogens with two attached hydrogens (primary N) is 1. The van der Waals surface area contributed by atoms with Gasteiger partial charge >= 0.3 is 0 Å². The lowest BCUT2D eigenvalue weighted by atomic mass is 10.2. The van der Waals surface area contributed by atoms with Gasteiger partial charge in [-0.25, -0.2) is 0 Å². The summed E-state index contributed by atoms with van der Waals surface area (Å²) in [7, 11) is 0. The Morgan fingerprint density at radius 2 is 2.00 bits per heavy atom. The summed E-state index contributed by atoms with van der Waals surface area (Å²) in [5.74, 6) is 0. The topological polar surface area (TPSA) is 26.0 Å². The second-order valence-corrected chi connectivity index (χ2v) is 4.00. The highest BCUT2D eigenvalue weighted by Crippen LogP contribution is 2.24. The molecule has 0 aliphatic carbocycles. The van der Waals surface area contributed by atoms with Crippen LogP contribution in [-0.2, 0) is 0 Å². The van der Waals surface area contributed by atoms with Crippen molar-refractivity contribution < 1.29 is 0 Å². The van der Waals surface area contributed by atoms with Gasteiger partial charge in [0.05, 0.1) is 5.03 Å². The van der Waals surface area contributed by atoms with Gasteiger partial charge < -0.3 is 5.73 Å². The predicted octanol–water partition coefficient (Wildman–Crippen LogP) is 3.24. The number of hydrogen-bond donors (Lipinski definition) is 1. The zero-order valence-electron chi connectivity index (χ0n) is 7.61. The molecule has 0 aliphatic heterocycles. The van der Waals surface area contributed by atoms with Crippen LogP contribution >= 0.6 is 11.8 Å². The monoisotopic (exact) mass is 171 g/mol. The quantitative estimate of drug-likeness (QED) is 0.702. The molecule has 0 saturated carbocycles. The molecule has 64 valence electrons. The molecule has 0 saturated heterocycles. The molecule has 0 radical (unpaired) electrons. The van der Waals surface area contributed by atoms with Gasteiger partial charge in [-0.3, -0.25) is 0 Å². The molecule has 0 unspecified atom stereocenters. The smallest absolute Gasteiger partial charge is 0.0627 e. The minimum absolute atomic E-state index is 0.679. The lowest BCUT2D eigenvalue weighted by molar-refractivity contribution is 0.900. The van der Waals surface area contributed by atoms with Crippen LogP contribution in [0.2, 0.25) is 0 Å². The van der Waals surface area contributed by atoms with E-state index in [9.17, 15) is 0 Å². The van der Waals surface area contributed by atoms with Crippen molar-refractivity contribution in [1.29, 1.82) is 0 Å². The third-order valence-corrected chi connectivity index (χ3v) is 2.43. The Morgan fingerprint density at radius 1 is 1.45 bits per heavy atom. The highest BCUT2D eigenvalue weighted by molar-refractivity contribution is 8.06. The lowest BCUT2D eigenvalue weighted by Crippen LogP contribution is -1.89. The normalized spacial score (nSPS) is 12.6. The molecule has 0 amide bonds. The van der Waals surface area contributed by atoms with Gasteiger partial charge in [0.2, 0.25) is 0 Å². The fourth-order valence-corrected chi connectivity index (χ4v) is 1.50. The Labute approximate surface area is 73.7 Å². The van der Waals surface area contributed by atoms with Crippen molar-refractivity contribution in [3.8, 4) is 0 Å². The molecule has 0 bridgehead atoms. The number of hydrogen-bond acceptors (Lipinski definition) is 2. The van der Waals surface area contributed by atoms with E-state index in [1.165, 1.54) is 16.9 Å². The molecule has 0 atom stereocenters. The number of allylic oxidation sites excluding steroid dienone is 2. The van der Waals surface area contributed by atoms with Crippen LogP contribution in [0.25, 0.3) is 0 Å². The van der Waals surface area contributed by atoms with Gasteiger partial charge in [0.15, 0.2) is 0 Å². The van der Waals surface area contributed by atoms with Crippen molar-refractivity contribution in [2.24, 2.45) is 5.73 Å². The van der Waals surface area contributed by atoms with E-state index in [4.69, 9.17) is 5.73 Å². The second-order valence-electron chi connectivity index (χ2n) is 2.65. The molecule has 0 spiro atoms. The van der Waals surface area contributed by atoms with Crippen LogP contribution in [0.15, 0.2) is 22.1 Å². The lowest BCUT2D eigenvalue weighted by Gasteiger charge is -2.04. The summed E-state index contributed by atoms with van der Waals surface area (Å²) in [4.78, 5) is 1.29. The minimum Gasteiger partial charge on any atom is -0.394 e. The average Bonchev–Trinajstić information content (AvgIpc) is 1.86.